The number of halogens is 1. The molecule has 1 aromatic rings. The molecule has 0 amide bonds. The van der Waals surface area contributed by atoms with Crippen LogP contribution in [0.25, 0.3) is 0 Å². The molecule has 0 aromatic heterocycles. The van der Waals surface area contributed by atoms with E-state index in [0.717, 1.165) is 5.56 Å². The highest BCUT2D eigenvalue weighted by Gasteiger charge is 2.11. The number of methoxy groups -OCH3 is 1. The van der Waals surface area contributed by atoms with Crippen molar-refractivity contribution in [3.05, 3.63) is 29.6 Å². The minimum absolute atomic E-state index is 0.101. The topological polar surface area (TPSA) is 47.3 Å². The van der Waals surface area contributed by atoms with Gasteiger partial charge in [0.1, 0.15) is 0 Å². The van der Waals surface area contributed by atoms with E-state index in [1.807, 2.05) is 0 Å². The fourth-order valence-electron chi connectivity index (χ4n) is 1.50. The zero-order valence-corrected chi connectivity index (χ0v) is 10.1. The third-order valence-corrected chi connectivity index (χ3v) is 2.43. The molecular weight excluding hydrogens is 219 g/mol. The van der Waals surface area contributed by atoms with Crippen LogP contribution >= 0.6 is 0 Å². The third-order valence-electron chi connectivity index (χ3n) is 2.43. The summed E-state index contributed by atoms with van der Waals surface area (Å²) < 4.78 is 18.4. The van der Waals surface area contributed by atoms with Crippen molar-refractivity contribution < 1.29 is 9.13 Å². The highest BCUT2D eigenvalue weighted by atomic mass is 19.1. The lowest BCUT2D eigenvalue weighted by molar-refractivity contribution is 0.385. The van der Waals surface area contributed by atoms with Gasteiger partial charge in [-0.2, -0.15) is 0 Å². The molecule has 92 valence electrons. The number of nitrogens with two attached hydrogens (primary N) is 1. The van der Waals surface area contributed by atoms with E-state index < -0.39 is 0 Å². The minimum Gasteiger partial charge on any atom is -0.494 e. The van der Waals surface area contributed by atoms with Crippen LogP contribution in [0.1, 0.15) is 18.5 Å². The number of nitrogens with one attached hydrogen (secondary N) is 1. The second kappa shape index (κ2) is 6.89. The summed E-state index contributed by atoms with van der Waals surface area (Å²) in [6.45, 7) is 2.69. The van der Waals surface area contributed by atoms with Crippen LogP contribution in [0, 0.1) is 17.7 Å². The molecule has 0 fully saturated rings. The molecule has 0 saturated carbocycles. The minimum atomic E-state index is -0.383. The summed E-state index contributed by atoms with van der Waals surface area (Å²) in [5.74, 6) is 5.52. The summed E-state index contributed by atoms with van der Waals surface area (Å²) in [4.78, 5) is 0. The van der Waals surface area contributed by atoms with Crippen LogP contribution in [0.5, 0.6) is 5.75 Å². The van der Waals surface area contributed by atoms with Gasteiger partial charge in [-0.3, -0.25) is 5.32 Å². The fourth-order valence-corrected chi connectivity index (χ4v) is 1.50. The van der Waals surface area contributed by atoms with Crippen LogP contribution in [0.4, 0.5) is 4.39 Å². The van der Waals surface area contributed by atoms with Crippen molar-refractivity contribution in [3.8, 4) is 17.6 Å². The molecule has 0 spiro atoms. The number of ether oxygens (including phenoxy) is 1. The molecule has 1 atom stereocenters. The largest absolute Gasteiger partial charge is 0.494 e. The summed E-state index contributed by atoms with van der Waals surface area (Å²) in [5.41, 5.74) is 6.44. The predicted octanol–water partition coefficient (Wildman–Crippen LogP) is 1.45. The summed E-state index contributed by atoms with van der Waals surface area (Å²) in [6.07, 6.45) is 0. The lowest BCUT2D eigenvalue weighted by Crippen LogP contribution is -2.28. The summed E-state index contributed by atoms with van der Waals surface area (Å²) >= 11 is 0. The van der Waals surface area contributed by atoms with Crippen molar-refractivity contribution in [1.29, 1.82) is 0 Å². The standard InChI is InChI=1S/C13H17FN2O/c1-3-4-7-16-12(9-15)10-5-6-13(17-2)11(14)8-10/h5-6,8,12,16H,7,9,15H2,1-2H3. The number of rotatable bonds is 5. The number of hydrogen-bond acceptors (Lipinski definition) is 3. The quantitative estimate of drug-likeness (QED) is 0.761. The lowest BCUT2D eigenvalue weighted by atomic mass is 10.1. The van der Waals surface area contributed by atoms with Gasteiger partial charge in [-0.25, -0.2) is 4.39 Å². The van der Waals surface area contributed by atoms with Gasteiger partial charge in [0.15, 0.2) is 11.6 Å². The van der Waals surface area contributed by atoms with Crippen LogP contribution in [0.3, 0.4) is 0 Å². The first-order valence-corrected chi connectivity index (χ1v) is 5.39. The van der Waals surface area contributed by atoms with E-state index in [9.17, 15) is 4.39 Å². The second-order valence-corrected chi connectivity index (χ2v) is 3.49. The summed E-state index contributed by atoms with van der Waals surface area (Å²) in [7, 11) is 1.44. The zero-order chi connectivity index (χ0) is 12.7. The first-order chi connectivity index (χ1) is 8.22. The van der Waals surface area contributed by atoms with Crippen molar-refractivity contribution in [2.24, 2.45) is 5.73 Å². The molecule has 0 radical (unpaired) electrons. The van der Waals surface area contributed by atoms with Gasteiger partial charge in [0, 0.05) is 12.6 Å². The molecule has 0 heterocycles. The van der Waals surface area contributed by atoms with Gasteiger partial charge in [-0.05, 0) is 24.6 Å². The van der Waals surface area contributed by atoms with Crippen molar-refractivity contribution in [2.75, 3.05) is 20.2 Å². The molecule has 4 heteroatoms. The van der Waals surface area contributed by atoms with E-state index in [2.05, 4.69) is 17.2 Å². The molecule has 0 aliphatic heterocycles. The van der Waals surface area contributed by atoms with Gasteiger partial charge in [0.25, 0.3) is 0 Å². The first-order valence-electron chi connectivity index (χ1n) is 5.39. The second-order valence-electron chi connectivity index (χ2n) is 3.49. The molecule has 3 N–H and O–H groups in total. The van der Waals surface area contributed by atoms with E-state index >= 15 is 0 Å². The Morgan fingerprint density at radius 1 is 1.53 bits per heavy atom. The van der Waals surface area contributed by atoms with Crippen molar-refractivity contribution >= 4 is 0 Å². The van der Waals surface area contributed by atoms with E-state index in [1.165, 1.54) is 13.2 Å². The molecule has 3 nitrogen and oxygen atoms in total. The maximum absolute atomic E-state index is 13.5. The highest BCUT2D eigenvalue weighted by molar-refractivity contribution is 5.31. The maximum Gasteiger partial charge on any atom is 0.165 e. The Morgan fingerprint density at radius 3 is 2.82 bits per heavy atom. The molecule has 17 heavy (non-hydrogen) atoms. The number of benzene rings is 1. The van der Waals surface area contributed by atoms with Gasteiger partial charge in [-0.1, -0.05) is 12.0 Å². The number of hydrogen-bond donors (Lipinski definition) is 2. The third kappa shape index (κ3) is 3.74. The molecule has 1 aromatic carbocycles. The predicted molar refractivity (Wildman–Crippen MR) is 66.2 cm³/mol. The highest BCUT2D eigenvalue weighted by Crippen LogP contribution is 2.21. The van der Waals surface area contributed by atoms with E-state index in [4.69, 9.17) is 10.5 Å². The van der Waals surface area contributed by atoms with Gasteiger partial charge >= 0.3 is 0 Å². The first kappa shape index (κ1) is 13.5. The molecule has 0 saturated heterocycles. The summed E-state index contributed by atoms with van der Waals surface area (Å²) in [6, 6.07) is 4.73. The fraction of sp³-hybridized carbons (Fsp3) is 0.385. The zero-order valence-electron chi connectivity index (χ0n) is 10.1. The van der Waals surface area contributed by atoms with E-state index in [-0.39, 0.29) is 17.6 Å². The Morgan fingerprint density at radius 2 is 2.29 bits per heavy atom. The molecule has 0 aliphatic rings. The lowest BCUT2D eigenvalue weighted by Gasteiger charge is -2.16. The van der Waals surface area contributed by atoms with Gasteiger partial charge in [-0.15, -0.1) is 5.92 Å². The Labute approximate surface area is 101 Å². The molecule has 0 bridgehead atoms. The van der Waals surface area contributed by atoms with Crippen LogP contribution in [-0.4, -0.2) is 20.2 Å². The average molecular weight is 236 g/mol. The Balaban J connectivity index is 2.80. The Kier molecular flexibility index (Phi) is 5.47. The molecular formula is C13H17FN2O. The van der Waals surface area contributed by atoms with Crippen molar-refractivity contribution in [2.45, 2.75) is 13.0 Å². The van der Waals surface area contributed by atoms with Crippen molar-refractivity contribution in [3.63, 3.8) is 0 Å². The molecule has 1 rings (SSSR count). The maximum atomic E-state index is 13.5. The average Bonchev–Trinajstić information content (AvgIpc) is 2.35. The monoisotopic (exact) mass is 236 g/mol. The SMILES string of the molecule is CC#CCNC(CN)c1ccc(OC)c(F)c1. The molecule has 1 unspecified atom stereocenters. The van der Waals surface area contributed by atoms with Gasteiger partial charge in [0.2, 0.25) is 0 Å². The smallest absolute Gasteiger partial charge is 0.165 e. The Hall–Kier alpha value is -1.57. The normalized spacial score (nSPS) is 11.5. The van der Waals surface area contributed by atoms with Gasteiger partial charge in [0.05, 0.1) is 13.7 Å². The van der Waals surface area contributed by atoms with Gasteiger partial charge < -0.3 is 10.5 Å². The van der Waals surface area contributed by atoms with Crippen LogP contribution in [0.2, 0.25) is 0 Å². The Bertz CT molecular complexity index is 423. The summed E-state index contributed by atoms with van der Waals surface area (Å²) in [5, 5.41) is 3.15. The van der Waals surface area contributed by atoms with Crippen molar-refractivity contribution in [1.82, 2.24) is 5.32 Å². The molecule has 0 aliphatic carbocycles. The van der Waals surface area contributed by atoms with Crippen LogP contribution < -0.4 is 15.8 Å². The van der Waals surface area contributed by atoms with E-state index in [0.29, 0.717) is 13.1 Å². The van der Waals surface area contributed by atoms with E-state index in [1.54, 1.807) is 19.1 Å². The van der Waals surface area contributed by atoms with Crippen LogP contribution in [-0.2, 0) is 0 Å². The van der Waals surface area contributed by atoms with Crippen LogP contribution in [0.15, 0.2) is 18.2 Å².